The summed E-state index contributed by atoms with van der Waals surface area (Å²) in [7, 11) is 0. The van der Waals surface area contributed by atoms with Crippen LogP contribution in [0.3, 0.4) is 0 Å². The normalized spacial score (nSPS) is 25.4. The maximum absolute atomic E-state index is 4.61. The number of nitrogens with zero attached hydrogens (tertiary/aromatic N) is 2. The molecule has 0 aromatic heterocycles. The Morgan fingerprint density at radius 1 is 1.29 bits per heavy atom. The van der Waals surface area contributed by atoms with Crippen molar-refractivity contribution < 1.29 is 0 Å². The average Bonchev–Trinajstić information content (AvgIpc) is 2.33. The van der Waals surface area contributed by atoms with E-state index in [2.05, 4.69) is 29.1 Å². The van der Waals surface area contributed by atoms with Crippen LogP contribution in [0.4, 0.5) is 0 Å². The summed E-state index contributed by atoms with van der Waals surface area (Å²) >= 11 is 1.88. The Hall–Kier alpha value is -0.220. The van der Waals surface area contributed by atoms with Gasteiger partial charge in [-0.25, -0.2) is 0 Å². The van der Waals surface area contributed by atoms with E-state index in [0.717, 1.165) is 18.3 Å². The molecule has 2 heterocycles. The van der Waals surface area contributed by atoms with Crippen LogP contribution in [0.25, 0.3) is 0 Å². The molecule has 0 unspecified atom stereocenters. The highest BCUT2D eigenvalue weighted by molar-refractivity contribution is 8.13. The molecule has 1 N–H and O–H groups in total. The highest BCUT2D eigenvalue weighted by Crippen LogP contribution is 2.26. The number of hydrogen-bond acceptors (Lipinski definition) is 4. The van der Waals surface area contributed by atoms with Crippen LogP contribution >= 0.6 is 11.8 Å². The molecule has 98 valence electrons. The number of thioether (sulfide) groups is 1. The van der Waals surface area contributed by atoms with E-state index in [1.54, 1.807) is 0 Å². The standard InChI is InChI=1S/C13H25N3S/c1-13(2)10-15-12(17-11-13)14-6-9-16-7-4-3-5-8-16/h3-11H2,1-2H3,(H,14,15). The molecular formula is C13H25N3S. The SMILES string of the molecule is CC1(C)CN=C(NCCN2CCCCC2)SC1. The van der Waals surface area contributed by atoms with Gasteiger partial charge in [-0.2, -0.15) is 0 Å². The highest BCUT2D eigenvalue weighted by Gasteiger charge is 2.23. The lowest BCUT2D eigenvalue weighted by Crippen LogP contribution is -2.38. The van der Waals surface area contributed by atoms with Gasteiger partial charge in [0, 0.05) is 25.4 Å². The van der Waals surface area contributed by atoms with Gasteiger partial charge in [-0.1, -0.05) is 32.0 Å². The summed E-state index contributed by atoms with van der Waals surface area (Å²) in [4.78, 5) is 7.18. The third kappa shape index (κ3) is 4.51. The largest absolute Gasteiger partial charge is 0.364 e. The van der Waals surface area contributed by atoms with Gasteiger partial charge < -0.3 is 10.2 Å². The van der Waals surface area contributed by atoms with E-state index in [1.807, 2.05) is 11.8 Å². The average molecular weight is 255 g/mol. The minimum atomic E-state index is 0.378. The summed E-state index contributed by atoms with van der Waals surface area (Å²) < 4.78 is 0. The molecule has 4 heteroatoms. The van der Waals surface area contributed by atoms with Gasteiger partial charge in [0.05, 0.1) is 0 Å². The highest BCUT2D eigenvalue weighted by atomic mass is 32.2. The number of aliphatic imine (C=N–C) groups is 1. The topological polar surface area (TPSA) is 27.6 Å². The molecule has 0 bridgehead atoms. The first kappa shape index (κ1) is 13.2. The van der Waals surface area contributed by atoms with Crippen LogP contribution in [0.2, 0.25) is 0 Å². The monoisotopic (exact) mass is 255 g/mol. The molecule has 17 heavy (non-hydrogen) atoms. The lowest BCUT2D eigenvalue weighted by molar-refractivity contribution is 0.232. The summed E-state index contributed by atoms with van der Waals surface area (Å²) in [5.41, 5.74) is 0.378. The Labute approximate surface area is 109 Å². The number of amidine groups is 1. The maximum atomic E-state index is 4.61. The van der Waals surface area contributed by atoms with Gasteiger partial charge in [0.1, 0.15) is 0 Å². The van der Waals surface area contributed by atoms with Gasteiger partial charge in [-0.15, -0.1) is 0 Å². The van der Waals surface area contributed by atoms with Crippen molar-refractivity contribution in [2.24, 2.45) is 10.4 Å². The molecule has 0 amide bonds. The van der Waals surface area contributed by atoms with Crippen molar-refractivity contribution in [1.29, 1.82) is 0 Å². The van der Waals surface area contributed by atoms with Crippen molar-refractivity contribution in [3.8, 4) is 0 Å². The molecule has 3 nitrogen and oxygen atoms in total. The fraction of sp³-hybridized carbons (Fsp3) is 0.923. The Kier molecular flexibility index (Phi) is 4.74. The first-order valence-corrected chi connectivity index (χ1v) is 7.78. The van der Waals surface area contributed by atoms with E-state index in [9.17, 15) is 0 Å². The maximum Gasteiger partial charge on any atom is 0.156 e. The fourth-order valence-electron chi connectivity index (χ4n) is 2.25. The number of hydrogen-bond donors (Lipinski definition) is 1. The molecule has 2 aliphatic rings. The van der Waals surface area contributed by atoms with E-state index >= 15 is 0 Å². The quantitative estimate of drug-likeness (QED) is 0.838. The zero-order valence-corrected chi connectivity index (χ0v) is 12.0. The lowest BCUT2D eigenvalue weighted by Gasteiger charge is -2.29. The Morgan fingerprint density at radius 3 is 2.71 bits per heavy atom. The van der Waals surface area contributed by atoms with Crippen LogP contribution in [0.1, 0.15) is 33.1 Å². The van der Waals surface area contributed by atoms with Crippen LogP contribution in [0.15, 0.2) is 4.99 Å². The number of likely N-dealkylation sites (tertiary alicyclic amines) is 1. The van der Waals surface area contributed by atoms with Crippen molar-refractivity contribution in [3.05, 3.63) is 0 Å². The molecule has 1 fully saturated rings. The van der Waals surface area contributed by atoms with E-state index < -0.39 is 0 Å². The summed E-state index contributed by atoms with van der Waals surface area (Å²) in [5, 5.41) is 4.63. The van der Waals surface area contributed by atoms with Gasteiger partial charge in [0.2, 0.25) is 0 Å². The fourth-order valence-corrected chi connectivity index (χ4v) is 3.23. The zero-order valence-electron chi connectivity index (χ0n) is 11.2. The van der Waals surface area contributed by atoms with Crippen molar-refractivity contribution in [2.75, 3.05) is 38.5 Å². The molecule has 0 aromatic carbocycles. The second-order valence-corrected chi connectivity index (χ2v) is 6.87. The summed E-state index contributed by atoms with van der Waals surface area (Å²) in [6.45, 7) is 10.3. The van der Waals surface area contributed by atoms with Crippen LogP contribution < -0.4 is 5.32 Å². The Morgan fingerprint density at radius 2 is 2.06 bits per heavy atom. The molecule has 0 aliphatic carbocycles. The third-order valence-electron chi connectivity index (χ3n) is 3.40. The van der Waals surface area contributed by atoms with Crippen molar-refractivity contribution in [1.82, 2.24) is 10.2 Å². The van der Waals surface area contributed by atoms with Gasteiger partial charge in [0.15, 0.2) is 5.17 Å². The lowest BCUT2D eigenvalue weighted by atomic mass is 9.97. The second-order valence-electron chi connectivity index (χ2n) is 5.90. The molecule has 1 saturated heterocycles. The smallest absolute Gasteiger partial charge is 0.156 e. The van der Waals surface area contributed by atoms with Crippen LogP contribution in [-0.4, -0.2) is 48.5 Å². The predicted molar refractivity (Wildman–Crippen MR) is 76.8 cm³/mol. The number of nitrogens with one attached hydrogen (secondary N) is 1. The van der Waals surface area contributed by atoms with Crippen molar-refractivity contribution >= 4 is 16.9 Å². The van der Waals surface area contributed by atoms with Crippen molar-refractivity contribution in [3.63, 3.8) is 0 Å². The Balaban J connectivity index is 1.63. The number of rotatable bonds is 3. The zero-order chi connectivity index (χ0) is 12.1. The molecule has 2 rings (SSSR count). The van der Waals surface area contributed by atoms with E-state index in [0.29, 0.717) is 5.41 Å². The van der Waals surface area contributed by atoms with Crippen LogP contribution in [0.5, 0.6) is 0 Å². The summed E-state index contributed by atoms with van der Waals surface area (Å²) in [5.74, 6) is 1.18. The van der Waals surface area contributed by atoms with Crippen LogP contribution in [0, 0.1) is 5.41 Å². The summed E-state index contributed by atoms with van der Waals surface area (Å²) in [6.07, 6.45) is 4.18. The van der Waals surface area contributed by atoms with Gasteiger partial charge >= 0.3 is 0 Å². The first-order valence-electron chi connectivity index (χ1n) is 6.79. The van der Waals surface area contributed by atoms with Gasteiger partial charge in [-0.05, 0) is 31.3 Å². The Bertz CT molecular complexity index is 270. The van der Waals surface area contributed by atoms with Gasteiger partial charge in [0.25, 0.3) is 0 Å². The molecule has 2 aliphatic heterocycles. The molecule has 0 aromatic rings. The second kappa shape index (κ2) is 6.10. The first-order chi connectivity index (χ1) is 8.16. The van der Waals surface area contributed by atoms with Crippen LogP contribution in [-0.2, 0) is 0 Å². The van der Waals surface area contributed by atoms with Gasteiger partial charge in [-0.3, -0.25) is 4.99 Å². The van der Waals surface area contributed by atoms with Crippen molar-refractivity contribution in [2.45, 2.75) is 33.1 Å². The van der Waals surface area contributed by atoms with E-state index in [-0.39, 0.29) is 0 Å². The predicted octanol–water partition coefficient (Wildman–Crippen LogP) is 2.19. The van der Waals surface area contributed by atoms with E-state index in [1.165, 1.54) is 44.6 Å². The molecule has 0 atom stereocenters. The number of piperidine rings is 1. The molecule has 0 radical (unpaired) electrons. The third-order valence-corrected chi connectivity index (χ3v) is 4.88. The minimum Gasteiger partial charge on any atom is -0.364 e. The van der Waals surface area contributed by atoms with E-state index in [4.69, 9.17) is 0 Å². The molecule has 0 spiro atoms. The minimum absolute atomic E-state index is 0.378. The molecule has 0 saturated carbocycles. The summed E-state index contributed by atoms with van der Waals surface area (Å²) in [6, 6.07) is 0. The molecular weight excluding hydrogens is 230 g/mol.